The number of nitrogens with zero attached hydrogens (tertiary/aromatic N) is 3. The standard InChI is InChI=1S/C13H25BrN4O2/c1-6-15-11(13(19-4)20-5)12-10(14)9-16-18(12)8-7-17(2)3/h9,11,13,15H,6-8H2,1-5H3. The molecular weight excluding hydrogens is 324 g/mol. The van der Waals surface area contributed by atoms with Gasteiger partial charge in [-0.3, -0.25) is 4.68 Å². The van der Waals surface area contributed by atoms with Crippen molar-refractivity contribution in [1.82, 2.24) is 20.0 Å². The van der Waals surface area contributed by atoms with Gasteiger partial charge in [0.1, 0.15) is 6.04 Å². The Bertz CT molecular complexity index is 394. The average molecular weight is 349 g/mol. The molecule has 0 saturated carbocycles. The van der Waals surface area contributed by atoms with Crippen molar-refractivity contribution < 1.29 is 9.47 Å². The van der Waals surface area contributed by atoms with Crippen LogP contribution in [0.2, 0.25) is 0 Å². The third kappa shape index (κ3) is 4.53. The maximum absolute atomic E-state index is 5.42. The summed E-state index contributed by atoms with van der Waals surface area (Å²) in [6, 6.07) is -0.0750. The largest absolute Gasteiger partial charge is 0.354 e. The normalized spacial score (nSPS) is 13.4. The minimum Gasteiger partial charge on any atom is -0.354 e. The van der Waals surface area contributed by atoms with Crippen molar-refractivity contribution >= 4 is 15.9 Å². The molecule has 1 aromatic rings. The van der Waals surface area contributed by atoms with Crippen molar-refractivity contribution in [2.75, 3.05) is 41.4 Å². The molecular formula is C13H25BrN4O2. The second kappa shape index (κ2) is 8.74. The van der Waals surface area contributed by atoms with Crippen molar-refractivity contribution in [2.45, 2.75) is 25.8 Å². The molecule has 0 amide bonds. The van der Waals surface area contributed by atoms with E-state index >= 15 is 0 Å². The Hall–Kier alpha value is -0.470. The average Bonchev–Trinajstić information content (AvgIpc) is 2.77. The van der Waals surface area contributed by atoms with E-state index in [9.17, 15) is 0 Å². The van der Waals surface area contributed by atoms with Gasteiger partial charge in [-0.15, -0.1) is 0 Å². The van der Waals surface area contributed by atoms with Gasteiger partial charge in [0.25, 0.3) is 0 Å². The van der Waals surface area contributed by atoms with E-state index in [-0.39, 0.29) is 12.3 Å². The van der Waals surface area contributed by atoms with Gasteiger partial charge in [0.2, 0.25) is 0 Å². The Morgan fingerprint density at radius 3 is 2.55 bits per heavy atom. The smallest absolute Gasteiger partial charge is 0.177 e. The molecule has 0 spiro atoms. The molecule has 7 heteroatoms. The first kappa shape index (κ1) is 17.6. The highest BCUT2D eigenvalue weighted by molar-refractivity contribution is 9.10. The number of likely N-dealkylation sites (N-methyl/N-ethyl adjacent to an activating group) is 2. The number of rotatable bonds is 9. The van der Waals surface area contributed by atoms with Crippen molar-refractivity contribution in [2.24, 2.45) is 0 Å². The summed E-state index contributed by atoms with van der Waals surface area (Å²) in [5, 5.41) is 7.84. The van der Waals surface area contributed by atoms with Crippen LogP contribution in [0.4, 0.5) is 0 Å². The summed E-state index contributed by atoms with van der Waals surface area (Å²) >= 11 is 3.57. The van der Waals surface area contributed by atoms with Gasteiger partial charge in [0.15, 0.2) is 6.29 Å². The highest BCUT2D eigenvalue weighted by Gasteiger charge is 2.27. The van der Waals surface area contributed by atoms with E-state index in [4.69, 9.17) is 9.47 Å². The van der Waals surface area contributed by atoms with Gasteiger partial charge in [0.05, 0.1) is 22.9 Å². The molecule has 1 rings (SSSR count). The number of nitrogens with one attached hydrogen (secondary N) is 1. The van der Waals surface area contributed by atoms with Crippen LogP contribution in [0.3, 0.4) is 0 Å². The Labute approximate surface area is 129 Å². The van der Waals surface area contributed by atoms with Crippen molar-refractivity contribution in [3.63, 3.8) is 0 Å². The van der Waals surface area contributed by atoms with E-state index in [0.29, 0.717) is 0 Å². The molecule has 0 aliphatic rings. The molecule has 1 N–H and O–H groups in total. The Morgan fingerprint density at radius 1 is 1.40 bits per heavy atom. The first-order chi connectivity index (χ1) is 9.54. The summed E-state index contributed by atoms with van der Waals surface area (Å²) in [6.45, 7) is 4.61. The van der Waals surface area contributed by atoms with E-state index < -0.39 is 0 Å². The Balaban J connectivity index is 3.02. The molecule has 20 heavy (non-hydrogen) atoms. The fourth-order valence-corrected chi connectivity index (χ4v) is 2.61. The summed E-state index contributed by atoms with van der Waals surface area (Å²) in [5.74, 6) is 0. The van der Waals surface area contributed by atoms with Gasteiger partial charge in [-0.2, -0.15) is 5.10 Å². The van der Waals surface area contributed by atoms with E-state index in [1.165, 1.54) is 0 Å². The number of halogens is 1. The molecule has 116 valence electrons. The predicted octanol–water partition coefficient (Wildman–Crippen LogP) is 1.48. The topological polar surface area (TPSA) is 51.6 Å². The van der Waals surface area contributed by atoms with E-state index in [0.717, 1.165) is 29.8 Å². The highest BCUT2D eigenvalue weighted by Crippen LogP contribution is 2.27. The van der Waals surface area contributed by atoms with Crippen molar-refractivity contribution in [3.05, 3.63) is 16.4 Å². The molecule has 0 aliphatic heterocycles. The molecule has 0 saturated heterocycles. The lowest BCUT2D eigenvalue weighted by Crippen LogP contribution is -2.36. The molecule has 6 nitrogen and oxygen atoms in total. The quantitative estimate of drug-likeness (QED) is 0.685. The van der Waals surface area contributed by atoms with Crippen molar-refractivity contribution in [1.29, 1.82) is 0 Å². The number of methoxy groups -OCH3 is 2. The van der Waals surface area contributed by atoms with Crippen molar-refractivity contribution in [3.8, 4) is 0 Å². The first-order valence-electron chi connectivity index (χ1n) is 6.70. The van der Waals surface area contributed by atoms with Crippen LogP contribution >= 0.6 is 15.9 Å². The van der Waals surface area contributed by atoms with E-state index in [1.54, 1.807) is 14.2 Å². The van der Waals surface area contributed by atoms with Crippen LogP contribution < -0.4 is 5.32 Å². The van der Waals surface area contributed by atoms with Crippen LogP contribution in [0.15, 0.2) is 10.7 Å². The lowest BCUT2D eigenvalue weighted by molar-refractivity contribution is -0.125. The monoisotopic (exact) mass is 348 g/mol. The zero-order valence-corrected chi connectivity index (χ0v) is 14.5. The molecule has 1 heterocycles. The number of hydrogen-bond donors (Lipinski definition) is 1. The third-order valence-corrected chi connectivity index (χ3v) is 3.66. The molecule has 1 unspecified atom stereocenters. The van der Waals surface area contributed by atoms with Gasteiger partial charge in [-0.05, 0) is 36.6 Å². The van der Waals surface area contributed by atoms with Crippen LogP contribution in [0.1, 0.15) is 18.7 Å². The minimum atomic E-state index is -0.360. The molecule has 1 atom stereocenters. The second-order valence-corrected chi connectivity index (χ2v) is 5.63. The van der Waals surface area contributed by atoms with Gasteiger partial charge < -0.3 is 19.7 Å². The number of aromatic nitrogens is 2. The van der Waals surface area contributed by atoms with Crippen LogP contribution in [0.25, 0.3) is 0 Å². The van der Waals surface area contributed by atoms with Crippen LogP contribution in [-0.4, -0.2) is 62.4 Å². The summed E-state index contributed by atoms with van der Waals surface area (Å²) in [7, 11) is 7.39. The fourth-order valence-electron chi connectivity index (χ4n) is 2.06. The maximum Gasteiger partial charge on any atom is 0.177 e. The zero-order chi connectivity index (χ0) is 15.1. The number of hydrogen-bond acceptors (Lipinski definition) is 5. The minimum absolute atomic E-state index is 0.0750. The third-order valence-electron chi connectivity index (χ3n) is 3.05. The Kier molecular flexibility index (Phi) is 7.68. The lowest BCUT2D eigenvalue weighted by atomic mass is 10.2. The highest BCUT2D eigenvalue weighted by atomic mass is 79.9. The number of ether oxygens (including phenoxy) is 2. The molecule has 0 bridgehead atoms. The fraction of sp³-hybridized carbons (Fsp3) is 0.769. The molecule has 0 aliphatic carbocycles. The maximum atomic E-state index is 5.42. The van der Waals surface area contributed by atoms with Gasteiger partial charge >= 0.3 is 0 Å². The lowest BCUT2D eigenvalue weighted by Gasteiger charge is -2.27. The second-order valence-electron chi connectivity index (χ2n) is 4.78. The Morgan fingerprint density at radius 2 is 2.05 bits per heavy atom. The molecule has 0 radical (unpaired) electrons. The zero-order valence-electron chi connectivity index (χ0n) is 12.9. The first-order valence-corrected chi connectivity index (χ1v) is 7.49. The molecule has 0 fully saturated rings. The molecule has 0 aromatic carbocycles. The van der Waals surface area contributed by atoms with Gasteiger partial charge in [-0.1, -0.05) is 6.92 Å². The summed E-state index contributed by atoms with van der Waals surface area (Å²) in [4.78, 5) is 2.13. The van der Waals surface area contributed by atoms with E-state index in [2.05, 4.69) is 38.2 Å². The van der Waals surface area contributed by atoms with Crippen LogP contribution in [-0.2, 0) is 16.0 Å². The van der Waals surface area contributed by atoms with Crippen LogP contribution in [0.5, 0.6) is 0 Å². The summed E-state index contributed by atoms with van der Waals surface area (Å²) < 4.78 is 13.8. The summed E-state index contributed by atoms with van der Waals surface area (Å²) in [5.41, 5.74) is 1.04. The predicted molar refractivity (Wildman–Crippen MR) is 82.7 cm³/mol. The SMILES string of the molecule is CCNC(c1c(Br)cnn1CCN(C)C)C(OC)OC. The van der Waals surface area contributed by atoms with Gasteiger partial charge in [0, 0.05) is 20.8 Å². The van der Waals surface area contributed by atoms with Gasteiger partial charge in [-0.25, -0.2) is 0 Å². The van der Waals surface area contributed by atoms with E-state index in [1.807, 2.05) is 25.0 Å². The molecule has 1 aromatic heterocycles. The summed E-state index contributed by atoms with van der Waals surface area (Å²) in [6.07, 6.45) is 1.46. The van der Waals surface area contributed by atoms with Crippen LogP contribution in [0, 0.1) is 0 Å².